The van der Waals surface area contributed by atoms with Gasteiger partial charge in [0.2, 0.25) is 0 Å². The van der Waals surface area contributed by atoms with E-state index in [2.05, 4.69) is 4.98 Å². The molecular weight excluding hydrogens is 439 g/mol. The fraction of sp³-hybridized carbons (Fsp3) is 0.550. The summed E-state index contributed by atoms with van der Waals surface area (Å²) in [4.78, 5) is 27.1. The monoisotopic (exact) mass is 463 g/mol. The van der Waals surface area contributed by atoms with Crippen LogP contribution in [0.2, 0.25) is 0 Å². The molecule has 0 unspecified atom stereocenters. The maximum absolute atomic E-state index is 12.9. The highest BCUT2D eigenvalue weighted by atomic mass is 32.2. The largest absolute Gasteiger partial charge is 0.476 e. The van der Waals surface area contributed by atoms with E-state index in [9.17, 15) is 27.9 Å². The van der Waals surface area contributed by atoms with E-state index in [0.29, 0.717) is 29.4 Å². The summed E-state index contributed by atoms with van der Waals surface area (Å²) in [6.07, 6.45) is 2.59. The predicted molar refractivity (Wildman–Crippen MR) is 110 cm³/mol. The van der Waals surface area contributed by atoms with Crippen LogP contribution in [-0.4, -0.2) is 38.3 Å². The highest BCUT2D eigenvalue weighted by molar-refractivity contribution is 8.01. The highest BCUT2D eigenvalue weighted by Gasteiger charge is 2.32. The van der Waals surface area contributed by atoms with Gasteiger partial charge in [0.05, 0.1) is 5.60 Å². The number of carboxylic acids is 1. The van der Waals surface area contributed by atoms with Crippen LogP contribution in [-0.2, 0) is 4.79 Å². The van der Waals surface area contributed by atoms with E-state index < -0.39 is 29.9 Å². The lowest BCUT2D eigenvalue weighted by Gasteiger charge is -2.21. The predicted octanol–water partition coefficient (Wildman–Crippen LogP) is 5.47. The minimum atomic E-state index is -2.36. The Morgan fingerprint density at radius 3 is 2.80 bits per heavy atom. The van der Waals surface area contributed by atoms with Gasteiger partial charge in [0.15, 0.2) is 15.9 Å². The van der Waals surface area contributed by atoms with Crippen molar-refractivity contribution in [2.45, 2.75) is 55.4 Å². The van der Waals surface area contributed by atoms with Gasteiger partial charge in [0.1, 0.15) is 5.78 Å². The van der Waals surface area contributed by atoms with E-state index in [-0.39, 0.29) is 36.2 Å². The smallest absolute Gasteiger partial charge is 0.355 e. The van der Waals surface area contributed by atoms with Gasteiger partial charge in [-0.1, -0.05) is 23.9 Å². The van der Waals surface area contributed by atoms with Crippen LogP contribution in [0.1, 0.15) is 55.9 Å². The normalized spacial score (nSPS) is 21.2. The number of halogens is 3. The second-order valence-electron chi connectivity index (χ2n) is 7.51. The standard InChI is InChI=1S/C20H24F3NO4S2/c1-20(28,9-6-14(21)17(22)23)8-2-3-12-4-5-16(25)13(12)7-10-29-19-24-15(11-30-19)18(26)27/h2-3,11-13,28H,4-10H2,1H3,(H,26,27)/b3-2+/t12-,13+,20-/m1/s1. The van der Waals surface area contributed by atoms with E-state index in [1.165, 1.54) is 35.4 Å². The van der Waals surface area contributed by atoms with Crippen LogP contribution in [0.15, 0.2) is 33.8 Å². The zero-order chi connectivity index (χ0) is 22.3. The van der Waals surface area contributed by atoms with Gasteiger partial charge in [-0.25, -0.2) is 14.2 Å². The molecule has 0 spiro atoms. The number of aliphatic hydroxyl groups is 1. The van der Waals surface area contributed by atoms with Gasteiger partial charge in [0, 0.05) is 29.9 Å². The Morgan fingerprint density at radius 1 is 1.43 bits per heavy atom. The molecule has 0 bridgehead atoms. The number of hydrogen-bond acceptors (Lipinski definition) is 6. The molecule has 0 amide bonds. The number of carbonyl (C=O) groups excluding carboxylic acids is 1. The molecule has 1 fully saturated rings. The maximum atomic E-state index is 12.9. The van der Waals surface area contributed by atoms with Crippen molar-refractivity contribution in [3.63, 3.8) is 0 Å². The first-order valence-corrected chi connectivity index (χ1v) is 11.4. The molecule has 0 saturated heterocycles. The first-order valence-electron chi connectivity index (χ1n) is 9.52. The second kappa shape index (κ2) is 11.1. The van der Waals surface area contributed by atoms with Gasteiger partial charge in [-0.05, 0) is 38.5 Å². The van der Waals surface area contributed by atoms with Gasteiger partial charge in [-0.15, -0.1) is 11.3 Å². The number of thioether (sulfide) groups is 1. The van der Waals surface area contributed by atoms with E-state index in [1.54, 1.807) is 6.08 Å². The van der Waals surface area contributed by atoms with Crippen LogP contribution in [0, 0.1) is 11.8 Å². The first kappa shape index (κ1) is 24.6. The van der Waals surface area contributed by atoms with Crippen LogP contribution >= 0.6 is 23.1 Å². The molecule has 0 aliphatic heterocycles. The van der Waals surface area contributed by atoms with Crippen molar-refractivity contribution in [1.29, 1.82) is 0 Å². The lowest BCUT2D eigenvalue weighted by Crippen LogP contribution is -2.23. The minimum absolute atomic E-state index is 0.0110. The number of Topliss-reactive ketones (excluding diaryl/α,β-unsaturated/α-hetero) is 1. The third-order valence-corrected chi connectivity index (χ3v) is 7.09. The number of rotatable bonds is 11. The van der Waals surface area contributed by atoms with Crippen LogP contribution < -0.4 is 0 Å². The first-order chi connectivity index (χ1) is 14.1. The lowest BCUT2D eigenvalue weighted by atomic mass is 9.90. The van der Waals surface area contributed by atoms with Gasteiger partial charge in [-0.2, -0.15) is 8.78 Å². The number of allylic oxidation sites excluding steroid dienone is 2. The summed E-state index contributed by atoms with van der Waals surface area (Å²) in [5, 5.41) is 20.6. The van der Waals surface area contributed by atoms with Crippen molar-refractivity contribution < 1.29 is 33.0 Å². The Hall–Kier alpha value is -1.65. The van der Waals surface area contributed by atoms with Gasteiger partial charge >= 0.3 is 12.0 Å². The molecule has 1 aromatic rings. The number of aromatic nitrogens is 1. The quantitative estimate of drug-likeness (QED) is 0.334. The Balaban J connectivity index is 1.83. The van der Waals surface area contributed by atoms with E-state index >= 15 is 0 Å². The minimum Gasteiger partial charge on any atom is -0.476 e. The average Bonchev–Trinajstić information content (AvgIpc) is 3.28. The van der Waals surface area contributed by atoms with Crippen molar-refractivity contribution in [2.24, 2.45) is 11.8 Å². The number of carboxylic acid groups (broad SMARTS) is 1. The van der Waals surface area contributed by atoms with Gasteiger partial charge < -0.3 is 10.2 Å². The number of thiazole rings is 1. The van der Waals surface area contributed by atoms with Crippen LogP contribution in [0.3, 0.4) is 0 Å². The molecule has 1 aliphatic carbocycles. The van der Waals surface area contributed by atoms with Gasteiger partial charge in [-0.3, -0.25) is 4.79 Å². The summed E-state index contributed by atoms with van der Waals surface area (Å²) in [6, 6.07) is 0. The molecule has 1 aliphatic rings. The molecule has 166 valence electrons. The van der Waals surface area contributed by atoms with Crippen LogP contribution in [0.25, 0.3) is 0 Å². The molecule has 1 aromatic heterocycles. The summed E-state index contributed by atoms with van der Waals surface area (Å²) in [6.45, 7) is 1.47. The summed E-state index contributed by atoms with van der Waals surface area (Å²) >= 11 is 2.67. The third kappa shape index (κ3) is 7.55. The Labute approximate surface area is 181 Å². The zero-order valence-corrected chi connectivity index (χ0v) is 18.1. The summed E-state index contributed by atoms with van der Waals surface area (Å²) in [7, 11) is 0. The van der Waals surface area contributed by atoms with Crippen LogP contribution in [0.5, 0.6) is 0 Å². The fourth-order valence-electron chi connectivity index (χ4n) is 3.31. The van der Waals surface area contributed by atoms with Crippen molar-refractivity contribution in [2.75, 3.05) is 5.75 Å². The molecular formula is C20H24F3NO4S2. The molecule has 1 saturated carbocycles. The van der Waals surface area contributed by atoms with Crippen molar-refractivity contribution >= 4 is 34.9 Å². The zero-order valence-electron chi connectivity index (χ0n) is 16.4. The molecule has 3 atom stereocenters. The van der Waals surface area contributed by atoms with Crippen molar-refractivity contribution in [1.82, 2.24) is 4.98 Å². The second-order valence-corrected chi connectivity index (χ2v) is 9.71. The number of carbonyl (C=O) groups is 2. The fourth-order valence-corrected chi connectivity index (χ4v) is 5.20. The molecule has 2 N–H and O–H groups in total. The maximum Gasteiger partial charge on any atom is 0.355 e. The number of hydrogen-bond donors (Lipinski definition) is 2. The number of aromatic carboxylic acids is 1. The topological polar surface area (TPSA) is 87.5 Å². The molecule has 5 nitrogen and oxygen atoms in total. The lowest BCUT2D eigenvalue weighted by molar-refractivity contribution is -0.121. The molecule has 0 aromatic carbocycles. The van der Waals surface area contributed by atoms with Crippen LogP contribution in [0.4, 0.5) is 13.2 Å². The van der Waals surface area contributed by atoms with Crippen molar-refractivity contribution in [3.8, 4) is 0 Å². The number of ketones is 1. The molecule has 2 rings (SSSR count). The summed E-state index contributed by atoms with van der Waals surface area (Å²) < 4.78 is 37.8. The molecule has 30 heavy (non-hydrogen) atoms. The van der Waals surface area contributed by atoms with Crippen molar-refractivity contribution in [3.05, 3.63) is 35.1 Å². The Morgan fingerprint density at radius 2 is 2.17 bits per heavy atom. The summed E-state index contributed by atoms with van der Waals surface area (Å²) in [5.74, 6) is -1.90. The molecule has 10 heteroatoms. The SMILES string of the molecule is C[C@@](O)(C/C=C/[C@@H]1CCC(=O)[C@H]1CCSc1nc(C(=O)O)cs1)CCC(F)=C(F)F. The number of nitrogens with zero attached hydrogens (tertiary/aromatic N) is 1. The Kier molecular flexibility index (Phi) is 9.11. The van der Waals surface area contributed by atoms with E-state index in [1.807, 2.05) is 6.08 Å². The van der Waals surface area contributed by atoms with E-state index in [4.69, 9.17) is 5.11 Å². The summed E-state index contributed by atoms with van der Waals surface area (Å²) in [5.41, 5.74) is -1.30. The average molecular weight is 464 g/mol. The molecule has 0 radical (unpaired) electrons. The third-order valence-electron chi connectivity index (χ3n) is 5.04. The Bertz CT molecular complexity index is 819. The van der Waals surface area contributed by atoms with Gasteiger partial charge in [0.25, 0.3) is 0 Å². The highest BCUT2D eigenvalue weighted by Crippen LogP contribution is 2.35. The van der Waals surface area contributed by atoms with E-state index in [0.717, 1.165) is 0 Å². The molecule has 1 heterocycles.